The van der Waals surface area contributed by atoms with Crippen LogP contribution >= 0.6 is 0 Å². The zero-order chi connectivity index (χ0) is 14.7. The maximum atomic E-state index is 3.89. The molecule has 0 aliphatic carbocycles. The van der Waals surface area contributed by atoms with Crippen molar-refractivity contribution in [3.63, 3.8) is 0 Å². The van der Waals surface area contributed by atoms with Gasteiger partial charge in [-0.3, -0.25) is 0 Å². The van der Waals surface area contributed by atoms with Crippen LogP contribution in [0.25, 0.3) is 0 Å². The van der Waals surface area contributed by atoms with E-state index in [1.54, 1.807) is 6.08 Å². The Bertz CT molecular complexity index is 414. The van der Waals surface area contributed by atoms with E-state index in [4.69, 9.17) is 0 Å². The van der Waals surface area contributed by atoms with Crippen LogP contribution in [0.5, 0.6) is 0 Å². The molecule has 0 rings (SSSR count). The summed E-state index contributed by atoms with van der Waals surface area (Å²) in [7, 11) is 0. The Morgan fingerprint density at radius 1 is 0.789 bits per heavy atom. The Balaban J connectivity index is 5.93. The van der Waals surface area contributed by atoms with Crippen LogP contribution in [-0.2, 0) is 0 Å². The number of allylic oxidation sites excluding steroid dienone is 9. The molecule has 1 heteroatoms. The van der Waals surface area contributed by atoms with Crippen LogP contribution in [0, 0.1) is 0 Å². The topological polar surface area (TPSA) is 3.24 Å². The summed E-state index contributed by atoms with van der Waals surface area (Å²) in [4.78, 5) is 2.15. The van der Waals surface area contributed by atoms with Gasteiger partial charge in [-0.05, 0) is 52.0 Å². The van der Waals surface area contributed by atoms with Crippen LogP contribution in [-0.4, -0.2) is 4.90 Å². The van der Waals surface area contributed by atoms with Crippen molar-refractivity contribution < 1.29 is 0 Å². The molecule has 0 aromatic carbocycles. The summed E-state index contributed by atoms with van der Waals surface area (Å²) in [5.74, 6) is 0. The molecule has 0 saturated carbocycles. The average Bonchev–Trinajstić information content (AvgIpc) is 2.43. The molecule has 1 nitrogen and oxygen atoms in total. The molecule has 102 valence electrons. The van der Waals surface area contributed by atoms with Gasteiger partial charge in [-0.1, -0.05) is 43.5 Å². The standard InChI is InChI=1S/C18H25N/c1-7-13-16(10-4)19(17(11-5)14-8-2)18(12-6)15-9-3/h7-15H,1,4H2,2-3,5-6H3/b14-8-,15-9-,16-13+,17-11+,18-12+. The molecule has 0 bridgehead atoms. The maximum absolute atomic E-state index is 3.89. The Hall–Kier alpha value is -2.02. The SMILES string of the molecule is C=C/C=C(\C=C)N(C(/C=C\C)=C/C)C(/C=C\C)=C/C. The van der Waals surface area contributed by atoms with E-state index in [1.807, 2.05) is 52.0 Å². The second-order valence-corrected chi connectivity index (χ2v) is 3.79. The molecule has 0 aromatic heterocycles. The van der Waals surface area contributed by atoms with E-state index >= 15 is 0 Å². The average molecular weight is 255 g/mol. The minimum atomic E-state index is 0.993. The highest BCUT2D eigenvalue weighted by molar-refractivity contribution is 5.38. The molecule has 0 radical (unpaired) electrons. The first-order valence-electron chi connectivity index (χ1n) is 6.53. The molecule has 0 aliphatic heterocycles. The van der Waals surface area contributed by atoms with E-state index in [0.717, 1.165) is 17.1 Å². The molecule has 0 heterocycles. The number of rotatable bonds is 7. The summed E-state index contributed by atoms with van der Waals surface area (Å²) >= 11 is 0. The lowest BCUT2D eigenvalue weighted by Gasteiger charge is -2.28. The zero-order valence-electron chi connectivity index (χ0n) is 12.6. The van der Waals surface area contributed by atoms with Gasteiger partial charge in [-0.2, -0.15) is 0 Å². The molecule has 0 amide bonds. The summed E-state index contributed by atoms with van der Waals surface area (Å²) in [6, 6.07) is 0. The van der Waals surface area contributed by atoms with Crippen molar-refractivity contribution in [3.05, 3.63) is 84.9 Å². The van der Waals surface area contributed by atoms with E-state index < -0.39 is 0 Å². The lowest BCUT2D eigenvalue weighted by Crippen LogP contribution is -2.19. The maximum Gasteiger partial charge on any atom is 0.0455 e. The number of hydrogen-bond acceptors (Lipinski definition) is 1. The predicted molar refractivity (Wildman–Crippen MR) is 87.5 cm³/mol. The normalized spacial score (nSPS) is 14.2. The van der Waals surface area contributed by atoms with Gasteiger partial charge in [-0.15, -0.1) is 0 Å². The number of hydrogen-bond donors (Lipinski definition) is 0. The molecular formula is C18H25N. The Morgan fingerprint density at radius 2 is 1.26 bits per heavy atom. The molecular weight excluding hydrogens is 230 g/mol. The van der Waals surface area contributed by atoms with E-state index in [-0.39, 0.29) is 0 Å². The Labute approximate surface area is 118 Å². The van der Waals surface area contributed by atoms with Crippen molar-refractivity contribution in [3.8, 4) is 0 Å². The van der Waals surface area contributed by atoms with Crippen LogP contribution in [0.15, 0.2) is 84.9 Å². The molecule has 0 fully saturated rings. The van der Waals surface area contributed by atoms with Gasteiger partial charge in [0.2, 0.25) is 0 Å². The first kappa shape index (κ1) is 17.0. The van der Waals surface area contributed by atoms with Gasteiger partial charge in [0.05, 0.1) is 0 Å². The first-order valence-corrected chi connectivity index (χ1v) is 6.53. The summed E-state index contributed by atoms with van der Waals surface area (Å²) in [5, 5.41) is 0. The van der Waals surface area contributed by atoms with Crippen molar-refractivity contribution in [2.75, 3.05) is 0 Å². The van der Waals surface area contributed by atoms with Gasteiger partial charge in [0.1, 0.15) is 0 Å². The molecule has 0 aliphatic rings. The molecule has 0 N–H and O–H groups in total. The highest BCUT2D eigenvalue weighted by atomic mass is 15.2. The molecule has 0 unspecified atom stereocenters. The highest BCUT2D eigenvalue weighted by Gasteiger charge is 2.12. The van der Waals surface area contributed by atoms with Crippen molar-refractivity contribution in [1.82, 2.24) is 4.90 Å². The summed E-state index contributed by atoms with van der Waals surface area (Å²) < 4.78 is 0. The lowest BCUT2D eigenvalue weighted by molar-refractivity contribution is 0.575. The third kappa shape index (κ3) is 5.01. The second-order valence-electron chi connectivity index (χ2n) is 3.79. The number of nitrogens with zero attached hydrogens (tertiary/aromatic N) is 1. The summed E-state index contributed by atoms with van der Waals surface area (Å²) in [5.41, 5.74) is 3.19. The van der Waals surface area contributed by atoms with Gasteiger partial charge in [0, 0.05) is 17.1 Å². The first-order chi connectivity index (χ1) is 9.19. The summed E-state index contributed by atoms with van der Waals surface area (Å²) in [6.45, 7) is 15.7. The van der Waals surface area contributed by atoms with Gasteiger partial charge in [0.25, 0.3) is 0 Å². The fourth-order valence-corrected chi connectivity index (χ4v) is 1.74. The van der Waals surface area contributed by atoms with E-state index in [2.05, 4.69) is 42.4 Å². The monoisotopic (exact) mass is 255 g/mol. The zero-order valence-corrected chi connectivity index (χ0v) is 12.6. The van der Waals surface area contributed by atoms with Crippen LogP contribution in [0.4, 0.5) is 0 Å². The molecule has 0 aromatic rings. The second kappa shape index (κ2) is 9.95. The Morgan fingerprint density at radius 3 is 1.53 bits per heavy atom. The van der Waals surface area contributed by atoms with E-state index in [1.165, 1.54) is 0 Å². The molecule has 0 spiro atoms. The van der Waals surface area contributed by atoms with Crippen LogP contribution < -0.4 is 0 Å². The highest BCUT2D eigenvalue weighted by Crippen LogP contribution is 2.23. The third-order valence-corrected chi connectivity index (χ3v) is 2.54. The van der Waals surface area contributed by atoms with Gasteiger partial charge in [-0.25, -0.2) is 0 Å². The molecule has 0 atom stereocenters. The van der Waals surface area contributed by atoms with Crippen molar-refractivity contribution in [2.24, 2.45) is 0 Å². The quantitative estimate of drug-likeness (QED) is 0.543. The van der Waals surface area contributed by atoms with Crippen molar-refractivity contribution in [1.29, 1.82) is 0 Å². The van der Waals surface area contributed by atoms with Gasteiger partial charge >= 0.3 is 0 Å². The predicted octanol–water partition coefficient (Wildman–Crippen LogP) is 5.50. The van der Waals surface area contributed by atoms with Crippen LogP contribution in [0.3, 0.4) is 0 Å². The Kier molecular flexibility index (Phi) is 8.90. The third-order valence-electron chi connectivity index (χ3n) is 2.54. The fraction of sp³-hybridized carbons (Fsp3) is 0.222. The smallest absolute Gasteiger partial charge is 0.0455 e. The summed E-state index contributed by atoms with van der Waals surface area (Å²) in [6.07, 6.45) is 17.9. The largest absolute Gasteiger partial charge is 0.311 e. The van der Waals surface area contributed by atoms with Crippen LogP contribution in [0.2, 0.25) is 0 Å². The van der Waals surface area contributed by atoms with E-state index in [9.17, 15) is 0 Å². The lowest BCUT2D eigenvalue weighted by atomic mass is 10.2. The van der Waals surface area contributed by atoms with Gasteiger partial charge in [0.15, 0.2) is 0 Å². The fourth-order valence-electron chi connectivity index (χ4n) is 1.74. The van der Waals surface area contributed by atoms with Gasteiger partial charge < -0.3 is 4.90 Å². The van der Waals surface area contributed by atoms with Crippen molar-refractivity contribution in [2.45, 2.75) is 27.7 Å². The molecule has 0 saturated heterocycles. The minimum absolute atomic E-state index is 0.993. The minimum Gasteiger partial charge on any atom is -0.311 e. The van der Waals surface area contributed by atoms with Crippen LogP contribution in [0.1, 0.15) is 27.7 Å². The molecule has 19 heavy (non-hydrogen) atoms. The van der Waals surface area contributed by atoms with E-state index in [0.29, 0.717) is 0 Å². The van der Waals surface area contributed by atoms with Crippen molar-refractivity contribution >= 4 is 0 Å².